The molecule has 4 heteroatoms. The van der Waals surface area contributed by atoms with Gasteiger partial charge in [-0.2, -0.15) is 0 Å². The summed E-state index contributed by atoms with van der Waals surface area (Å²) in [6.07, 6.45) is 16.1. The van der Waals surface area contributed by atoms with E-state index in [0.717, 1.165) is 60.8 Å². The second kappa shape index (κ2) is 11.5. The monoisotopic (exact) mass is 502 g/mol. The first-order valence-corrected chi connectivity index (χ1v) is 15.6. The van der Waals surface area contributed by atoms with E-state index in [4.69, 9.17) is 4.74 Å². The summed E-state index contributed by atoms with van der Waals surface area (Å²) in [4.78, 5) is 14.4. The van der Waals surface area contributed by atoms with E-state index in [1.165, 1.54) is 64.2 Å². The molecule has 1 N–H and O–H groups in total. The quantitative estimate of drug-likeness (QED) is 0.350. The first-order valence-electron chi connectivity index (χ1n) is 15.6. The van der Waals surface area contributed by atoms with Gasteiger partial charge in [-0.25, -0.2) is 4.79 Å². The Hall–Kier alpha value is -0.770. The second-order valence-electron chi connectivity index (χ2n) is 14.7. The maximum atomic E-state index is 12.4. The van der Waals surface area contributed by atoms with Gasteiger partial charge in [0.15, 0.2) is 0 Å². The van der Waals surface area contributed by atoms with Gasteiger partial charge in [0.25, 0.3) is 0 Å². The van der Waals surface area contributed by atoms with Crippen LogP contribution in [0.3, 0.4) is 0 Å². The van der Waals surface area contributed by atoms with Crippen molar-refractivity contribution in [2.24, 2.45) is 52.3 Å². The summed E-state index contributed by atoms with van der Waals surface area (Å²) >= 11 is 0. The third kappa shape index (κ3) is 5.79. The molecule has 0 saturated heterocycles. The van der Waals surface area contributed by atoms with Crippen LogP contribution in [-0.4, -0.2) is 44.3 Å². The number of nitrogens with one attached hydrogen (secondary N) is 1. The molecular formula is C32H58N2O2. The van der Waals surface area contributed by atoms with E-state index in [0.29, 0.717) is 17.4 Å². The molecule has 0 aromatic heterocycles. The Bertz CT molecular complexity index is 738. The summed E-state index contributed by atoms with van der Waals surface area (Å²) in [5.74, 6) is 6.17. The maximum Gasteiger partial charge on any atom is 0.407 e. The molecule has 4 rings (SSSR count). The van der Waals surface area contributed by atoms with Crippen molar-refractivity contribution < 1.29 is 9.53 Å². The van der Waals surface area contributed by atoms with Crippen LogP contribution in [0.1, 0.15) is 112 Å². The van der Waals surface area contributed by atoms with Crippen molar-refractivity contribution in [1.29, 1.82) is 0 Å². The van der Waals surface area contributed by atoms with E-state index < -0.39 is 0 Å². The molecule has 0 aromatic carbocycles. The van der Waals surface area contributed by atoms with E-state index in [9.17, 15) is 4.79 Å². The molecule has 4 nitrogen and oxygen atoms in total. The van der Waals surface area contributed by atoms with E-state index >= 15 is 0 Å². The highest BCUT2D eigenvalue weighted by Gasteiger charge is 2.60. The maximum absolute atomic E-state index is 12.4. The Morgan fingerprint density at radius 2 is 1.67 bits per heavy atom. The van der Waals surface area contributed by atoms with Gasteiger partial charge in [0.2, 0.25) is 0 Å². The van der Waals surface area contributed by atoms with Crippen LogP contribution in [0.25, 0.3) is 0 Å². The van der Waals surface area contributed by atoms with E-state index in [1.807, 2.05) is 14.1 Å². The molecule has 0 aliphatic heterocycles. The van der Waals surface area contributed by atoms with Crippen LogP contribution in [0.2, 0.25) is 0 Å². The number of alkyl carbamates (subject to hydrolysis) is 1. The number of carbonyl (C=O) groups excluding carboxylic acids is 1. The highest BCUT2D eigenvalue weighted by atomic mass is 16.6. The SMILES string of the molecule is CC(C)CCC[C@@H](C)C1CCC2C3CCC4CC(OC(=O)NCCN(C)C)CCC4(C)C3CCC21C. The number of nitrogens with zero attached hydrogens (tertiary/aromatic N) is 1. The Labute approximate surface area is 223 Å². The lowest BCUT2D eigenvalue weighted by Crippen LogP contribution is -2.54. The molecule has 0 spiro atoms. The number of hydrogen-bond acceptors (Lipinski definition) is 3. The minimum atomic E-state index is -0.216. The minimum Gasteiger partial charge on any atom is -0.446 e. The largest absolute Gasteiger partial charge is 0.446 e. The standard InChI is InChI=1S/C32H58N2O2/c1-22(2)9-8-10-23(3)27-13-14-28-26-12-11-24-21-25(36-30(35)33-19-20-34(6)7)15-17-31(24,4)29(26)16-18-32(27,28)5/h22-29H,8-21H2,1-7H3,(H,33,35)/t23-,24?,25?,26?,27?,28?,29?,31?,32?/m1/s1. The van der Waals surface area contributed by atoms with Crippen molar-refractivity contribution in [2.45, 2.75) is 118 Å². The van der Waals surface area contributed by atoms with Crippen molar-refractivity contribution in [2.75, 3.05) is 27.2 Å². The summed E-state index contributed by atoms with van der Waals surface area (Å²) < 4.78 is 5.91. The molecule has 36 heavy (non-hydrogen) atoms. The predicted molar refractivity (Wildman–Crippen MR) is 150 cm³/mol. The second-order valence-corrected chi connectivity index (χ2v) is 14.7. The normalized spacial score (nSPS) is 40.9. The lowest BCUT2D eigenvalue weighted by Gasteiger charge is -2.61. The fourth-order valence-corrected chi connectivity index (χ4v) is 9.92. The molecule has 9 atom stereocenters. The first-order chi connectivity index (χ1) is 17.0. The van der Waals surface area contributed by atoms with E-state index in [1.54, 1.807) is 0 Å². The lowest BCUT2D eigenvalue weighted by atomic mass is 9.44. The number of rotatable bonds is 9. The van der Waals surface area contributed by atoms with Crippen LogP contribution >= 0.6 is 0 Å². The molecule has 1 amide bonds. The zero-order valence-corrected chi connectivity index (χ0v) is 24.8. The van der Waals surface area contributed by atoms with Crippen molar-refractivity contribution in [3.63, 3.8) is 0 Å². The molecule has 8 unspecified atom stereocenters. The van der Waals surface area contributed by atoms with Gasteiger partial charge in [-0.1, -0.05) is 53.9 Å². The molecule has 0 radical (unpaired) electrons. The van der Waals surface area contributed by atoms with Crippen molar-refractivity contribution in [3.8, 4) is 0 Å². The Morgan fingerprint density at radius 1 is 0.944 bits per heavy atom. The number of fused-ring (bicyclic) bond motifs is 5. The molecule has 208 valence electrons. The van der Waals surface area contributed by atoms with Crippen LogP contribution < -0.4 is 5.32 Å². The van der Waals surface area contributed by atoms with Crippen LogP contribution in [-0.2, 0) is 4.74 Å². The summed E-state index contributed by atoms with van der Waals surface area (Å²) in [5.41, 5.74) is 1.03. The van der Waals surface area contributed by atoms with Gasteiger partial charge in [-0.15, -0.1) is 0 Å². The van der Waals surface area contributed by atoms with Gasteiger partial charge in [0.05, 0.1) is 0 Å². The van der Waals surface area contributed by atoms with E-state index in [-0.39, 0.29) is 12.2 Å². The highest BCUT2D eigenvalue weighted by molar-refractivity contribution is 5.67. The minimum absolute atomic E-state index is 0.107. The molecular weight excluding hydrogens is 444 g/mol. The van der Waals surface area contributed by atoms with Gasteiger partial charge in [0, 0.05) is 13.1 Å². The average molecular weight is 503 g/mol. The molecule has 4 fully saturated rings. The third-order valence-corrected chi connectivity index (χ3v) is 11.9. The number of ether oxygens (including phenoxy) is 1. The van der Waals surface area contributed by atoms with Gasteiger partial charge >= 0.3 is 6.09 Å². The van der Waals surface area contributed by atoms with E-state index in [2.05, 4.69) is 44.8 Å². The Balaban J connectivity index is 1.34. The van der Waals surface area contributed by atoms with Crippen LogP contribution in [0.4, 0.5) is 4.79 Å². The molecule has 0 heterocycles. The smallest absolute Gasteiger partial charge is 0.407 e. The number of likely N-dealkylation sites (N-methyl/N-ethyl adjacent to an activating group) is 1. The van der Waals surface area contributed by atoms with Crippen LogP contribution in [0, 0.1) is 52.3 Å². The fourth-order valence-electron chi connectivity index (χ4n) is 9.92. The number of hydrogen-bond donors (Lipinski definition) is 1. The van der Waals surface area contributed by atoms with Gasteiger partial charge in [-0.05, 0) is 124 Å². The third-order valence-electron chi connectivity index (χ3n) is 11.9. The molecule has 0 aromatic rings. The van der Waals surface area contributed by atoms with Gasteiger partial charge in [0.1, 0.15) is 6.10 Å². The van der Waals surface area contributed by atoms with Crippen LogP contribution in [0.15, 0.2) is 0 Å². The Morgan fingerprint density at radius 3 is 2.39 bits per heavy atom. The summed E-state index contributed by atoms with van der Waals surface area (Å²) in [7, 11) is 4.05. The fraction of sp³-hybridized carbons (Fsp3) is 0.969. The predicted octanol–water partition coefficient (Wildman–Crippen LogP) is 7.76. The molecule has 4 aliphatic carbocycles. The first kappa shape index (κ1) is 28.2. The summed E-state index contributed by atoms with van der Waals surface area (Å²) in [5, 5.41) is 2.95. The average Bonchev–Trinajstić information content (AvgIpc) is 3.16. The van der Waals surface area contributed by atoms with Crippen molar-refractivity contribution in [3.05, 3.63) is 0 Å². The lowest BCUT2D eigenvalue weighted by molar-refractivity contribution is -0.129. The topological polar surface area (TPSA) is 41.6 Å². The molecule has 0 bridgehead atoms. The summed E-state index contributed by atoms with van der Waals surface area (Å²) in [6.45, 7) is 14.2. The zero-order valence-electron chi connectivity index (χ0n) is 24.8. The Kier molecular flexibility index (Phi) is 9.05. The van der Waals surface area contributed by atoms with Crippen molar-refractivity contribution in [1.82, 2.24) is 10.2 Å². The van der Waals surface area contributed by atoms with Gasteiger partial charge < -0.3 is 15.0 Å². The van der Waals surface area contributed by atoms with Crippen molar-refractivity contribution >= 4 is 6.09 Å². The molecule has 4 saturated carbocycles. The zero-order chi connectivity index (χ0) is 26.1. The summed E-state index contributed by atoms with van der Waals surface area (Å²) in [6, 6.07) is 0. The number of amides is 1. The highest BCUT2D eigenvalue weighted by Crippen LogP contribution is 2.68. The van der Waals surface area contributed by atoms with Crippen LogP contribution in [0.5, 0.6) is 0 Å². The van der Waals surface area contributed by atoms with Gasteiger partial charge in [-0.3, -0.25) is 0 Å². The number of carbonyl (C=O) groups is 1. The molecule has 4 aliphatic rings.